The molecule has 122 valence electrons. The maximum Gasteiger partial charge on any atom is 0.230 e. The van der Waals surface area contributed by atoms with Crippen LogP contribution < -0.4 is 10.6 Å². The third kappa shape index (κ3) is 4.67. The minimum atomic E-state index is -0.140. The van der Waals surface area contributed by atoms with Crippen molar-refractivity contribution in [3.05, 3.63) is 63.7 Å². The van der Waals surface area contributed by atoms with Gasteiger partial charge in [-0.3, -0.25) is 4.79 Å². The van der Waals surface area contributed by atoms with E-state index in [1.54, 1.807) is 42.6 Å². The fraction of sp³-hybridized carbons (Fsp3) is 0.0625. The summed E-state index contributed by atoms with van der Waals surface area (Å²) in [7, 11) is 0. The van der Waals surface area contributed by atoms with E-state index in [1.807, 2.05) is 5.38 Å². The van der Waals surface area contributed by atoms with E-state index < -0.39 is 0 Å². The van der Waals surface area contributed by atoms with Crippen LogP contribution in [0.1, 0.15) is 5.69 Å². The molecule has 2 aromatic heterocycles. The van der Waals surface area contributed by atoms with Crippen LogP contribution in [0.3, 0.4) is 0 Å². The Morgan fingerprint density at radius 3 is 2.54 bits per heavy atom. The minimum Gasteiger partial charge on any atom is -0.326 e. The van der Waals surface area contributed by atoms with Crippen LogP contribution in [0.15, 0.2) is 48.0 Å². The fourth-order valence-corrected chi connectivity index (χ4v) is 2.86. The van der Waals surface area contributed by atoms with Crippen LogP contribution in [0.2, 0.25) is 10.0 Å². The number of hydrogen-bond acceptors (Lipinski definition) is 5. The maximum atomic E-state index is 12.0. The molecule has 1 aromatic carbocycles. The predicted octanol–water partition coefficient (Wildman–Crippen LogP) is 4.77. The summed E-state index contributed by atoms with van der Waals surface area (Å²) in [4.78, 5) is 20.6. The van der Waals surface area contributed by atoms with Crippen molar-refractivity contribution in [1.29, 1.82) is 0 Å². The number of nitrogens with one attached hydrogen (secondary N) is 2. The van der Waals surface area contributed by atoms with E-state index in [0.717, 1.165) is 0 Å². The molecule has 0 saturated heterocycles. The SMILES string of the molecule is O=C(Cc1csc(Nc2ccc(Cl)cn2)n1)Nc1ccc(Cl)cc1. The molecule has 0 atom stereocenters. The second kappa shape index (κ2) is 7.61. The number of carbonyl (C=O) groups is 1. The van der Waals surface area contributed by atoms with Crippen molar-refractivity contribution < 1.29 is 4.79 Å². The summed E-state index contributed by atoms with van der Waals surface area (Å²) in [6.07, 6.45) is 1.74. The van der Waals surface area contributed by atoms with E-state index in [2.05, 4.69) is 20.6 Å². The average Bonchev–Trinajstić information content (AvgIpc) is 2.99. The first-order valence-corrected chi connectivity index (χ1v) is 8.60. The zero-order chi connectivity index (χ0) is 16.9. The molecule has 0 aliphatic heterocycles. The van der Waals surface area contributed by atoms with Gasteiger partial charge in [-0.2, -0.15) is 0 Å². The molecule has 0 aliphatic carbocycles. The second-order valence-corrected chi connectivity index (χ2v) is 6.59. The molecule has 0 saturated carbocycles. The molecule has 3 rings (SSSR count). The quantitative estimate of drug-likeness (QED) is 0.670. The van der Waals surface area contributed by atoms with Crippen LogP contribution in [-0.2, 0) is 11.2 Å². The van der Waals surface area contributed by atoms with Crippen LogP contribution in [-0.4, -0.2) is 15.9 Å². The highest BCUT2D eigenvalue weighted by molar-refractivity contribution is 7.13. The van der Waals surface area contributed by atoms with Gasteiger partial charge in [-0.25, -0.2) is 9.97 Å². The average molecular weight is 379 g/mol. The number of hydrogen-bond donors (Lipinski definition) is 2. The van der Waals surface area contributed by atoms with Gasteiger partial charge in [-0.05, 0) is 36.4 Å². The Labute approximate surface area is 152 Å². The molecule has 0 spiro atoms. The highest BCUT2D eigenvalue weighted by Gasteiger charge is 2.09. The number of carbonyl (C=O) groups excluding carboxylic acids is 1. The number of pyridine rings is 1. The van der Waals surface area contributed by atoms with Gasteiger partial charge in [0, 0.05) is 22.3 Å². The molecule has 2 heterocycles. The lowest BCUT2D eigenvalue weighted by molar-refractivity contribution is -0.115. The molecular formula is C16H12Cl2N4OS. The number of amides is 1. The van der Waals surface area contributed by atoms with Gasteiger partial charge in [0.15, 0.2) is 5.13 Å². The summed E-state index contributed by atoms with van der Waals surface area (Å²) < 4.78 is 0. The van der Waals surface area contributed by atoms with Crippen molar-refractivity contribution in [3.63, 3.8) is 0 Å². The van der Waals surface area contributed by atoms with E-state index in [-0.39, 0.29) is 12.3 Å². The first-order valence-electron chi connectivity index (χ1n) is 6.97. The highest BCUT2D eigenvalue weighted by atomic mass is 35.5. The van der Waals surface area contributed by atoms with E-state index in [4.69, 9.17) is 23.2 Å². The second-order valence-electron chi connectivity index (χ2n) is 4.86. The number of halogens is 2. The Kier molecular flexibility index (Phi) is 5.30. The first kappa shape index (κ1) is 16.7. The van der Waals surface area contributed by atoms with Gasteiger partial charge in [-0.1, -0.05) is 23.2 Å². The fourth-order valence-electron chi connectivity index (χ4n) is 1.91. The maximum absolute atomic E-state index is 12.0. The molecule has 5 nitrogen and oxygen atoms in total. The Morgan fingerprint density at radius 2 is 1.83 bits per heavy atom. The van der Waals surface area contributed by atoms with Gasteiger partial charge in [0.05, 0.1) is 17.1 Å². The Hall–Kier alpha value is -2.15. The van der Waals surface area contributed by atoms with Crippen molar-refractivity contribution in [2.75, 3.05) is 10.6 Å². The third-order valence-corrected chi connectivity index (χ3v) is 4.27. The standard InChI is InChI=1S/C16H12Cl2N4OS/c17-10-1-4-12(5-2-10)20-15(23)7-13-9-24-16(21-13)22-14-6-3-11(18)8-19-14/h1-6,8-9H,7H2,(H,20,23)(H,19,21,22). The summed E-state index contributed by atoms with van der Waals surface area (Å²) in [5.41, 5.74) is 1.38. The number of rotatable bonds is 5. The number of benzene rings is 1. The molecule has 0 fully saturated rings. The number of anilines is 3. The molecule has 0 radical (unpaired) electrons. The summed E-state index contributed by atoms with van der Waals surface area (Å²) in [5, 5.41) is 9.57. The molecule has 1 amide bonds. The van der Waals surface area contributed by atoms with Crippen molar-refractivity contribution >= 4 is 57.1 Å². The summed E-state index contributed by atoms with van der Waals surface area (Å²) in [6.45, 7) is 0. The van der Waals surface area contributed by atoms with Crippen LogP contribution in [0, 0.1) is 0 Å². The summed E-state index contributed by atoms with van der Waals surface area (Å²) >= 11 is 13.0. The molecule has 3 aromatic rings. The third-order valence-electron chi connectivity index (χ3n) is 2.98. The number of thiazole rings is 1. The minimum absolute atomic E-state index is 0.140. The lowest BCUT2D eigenvalue weighted by atomic mass is 10.3. The van der Waals surface area contributed by atoms with E-state index in [9.17, 15) is 4.79 Å². The molecule has 8 heteroatoms. The van der Waals surface area contributed by atoms with Crippen molar-refractivity contribution in [3.8, 4) is 0 Å². The first-order chi connectivity index (χ1) is 11.6. The molecule has 2 N–H and O–H groups in total. The van der Waals surface area contributed by atoms with Crippen LogP contribution >= 0.6 is 34.5 Å². The zero-order valence-electron chi connectivity index (χ0n) is 12.3. The predicted molar refractivity (Wildman–Crippen MR) is 98.4 cm³/mol. The molecule has 24 heavy (non-hydrogen) atoms. The topological polar surface area (TPSA) is 66.9 Å². The summed E-state index contributed by atoms with van der Waals surface area (Å²) in [5.74, 6) is 0.504. The number of aromatic nitrogens is 2. The van der Waals surface area contributed by atoms with Crippen LogP contribution in [0.4, 0.5) is 16.6 Å². The van der Waals surface area contributed by atoms with Crippen LogP contribution in [0.25, 0.3) is 0 Å². The smallest absolute Gasteiger partial charge is 0.230 e. The van der Waals surface area contributed by atoms with Gasteiger partial charge in [-0.15, -0.1) is 11.3 Å². The zero-order valence-corrected chi connectivity index (χ0v) is 14.6. The highest BCUT2D eigenvalue weighted by Crippen LogP contribution is 2.21. The Morgan fingerprint density at radius 1 is 1.08 bits per heavy atom. The molecular weight excluding hydrogens is 367 g/mol. The van der Waals surface area contributed by atoms with Gasteiger partial charge in [0.1, 0.15) is 5.82 Å². The van der Waals surface area contributed by atoms with Crippen molar-refractivity contribution in [2.24, 2.45) is 0 Å². The van der Waals surface area contributed by atoms with Crippen molar-refractivity contribution in [1.82, 2.24) is 9.97 Å². The van der Waals surface area contributed by atoms with Gasteiger partial charge in [0.25, 0.3) is 0 Å². The lowest BCUT2D eigenvalue weighted by Crippen LogP contribution is -2.14. The largest absolute Gasteiger partial charge is 0.326 e. The molecule has 0 aliphatic rings. The van der Waals surface area contributed by atoms with Crippen molar-refractivity contribution in [2.45, 2.75) is 6.42 Å². The monoisotopic (exact) mass is 378 g/mol. The molecule has 0 bridgehead atoms. The Bertz CT molecular complexity index is 834. The van der Waals surface area contributed by atoms with Gasteiger partial charge >= 0.3 is 0 Å². The van der Waals surface area contributed by atoms with Gasteiger partial charge in [0.2, 0.25) is 5.91 Å². The Balaban J connectivity index is 1.58. The van der Waals surface area contributed by atoms with E-state index >= 15 is 0 Å². The lowest BCUT2D eigenvalue weighted by Gasteiger charge is -2.04. The summed E-state index contributed by atoms with van der Waals surface area (Å²) in [6, 6.07) is 10.4. The van der Waals surface area contributed by atoms with E-state index in [0.29, 0.717) is 32.4 Å². The van der Waals surface area contributed by atoms with Crippen LogP contribution in [0.5, 0.6) is 0 Å². The van der Waals surface area contributed by atoms with Gasteiger partial charge < -0.3 is 10.6 Å². The molecule has 0 unspecified atom stereocenters. The normalized spacial score (nSPS) is 10.4. The van der Waals surface area contributed by atoms with E-state index in [1.165, 1.54) is 11.3 Å². The number of nitrogens with zero attached hydrogens (tertiary/aromatic N) is 2.